The maximum absolute atomic E-state index is 12.3. The minimum atomic E-state index is -3.83. The zero-order chi connectivity index (χ0) is 18.4. The molecule has 8 nitrogen and oxygen atoms in total. The van der Waals surface area contributed by atoms with Gasteiger partial charge in [-0.1, -0.05) is 6.07 Å². The predicted octanol–water partition coefficient (Wildman–Crippen LogP) is 1.00. The smallest absolute Gasteiger partial charge is 0.338 e. The van der Waals surface area contributed by atoms with E-state index >= 15 is 0 Å². The highest BCUT2D eigenvalue weighted by atomic mass is 32.2. The number of sulfonamides is 1. The van der Waals surface area contributed by atoms with Crippen LogP contribution in [-0.4, -0.2) is 45.9 Å². The van der Waals surface area contributed by atoms with Gasteiger partial charge in [-0.25, -0.2) is 17.9 Å². The molecule has 25 heavy (non-hydrogen) atoms. The first-order valence-corrected chi connectivity index (χ1v) is 8.77. The molecule has 1 aromatic heterocycles. The number of nitrogens with one attached hydrogen (secondary N) is 1. The van der Waals surface area contributed by atoms with Crippen LogP contribution in [0.2, 0.25) is 0 Å². The number of rotatable bonds is 7. The number of carbonyl (C=O) groups excluding carboxylic acids is 2. The summed E-state index contributed by atoms with van der Waals surface area (Å²) in [5.41, 5.74) is 0.0347. The number of esters is 1. The van der Waals surface area contributed by atoms with Gasteiger partial charge in [0, 0.05) is 14.1 Å². The average molecular weight is 366 g/mol. The molecule has 134 valence electrons. The van der Waals surface area contributed by atoms with E-state index in [2.05, 4.69) is 4.72 Å². The Morgan fingerprint density at radius 3 is 2.60 bits per heavy atom. The van der Waals surface area contributed by atoms with Crippen molar-refractivity contribution < 1.29 is 27.2 Å². The van der Waals surface area contributed by atoms with Crippen molar-refractivity contribution in [2.45, 2.75) is 11.4 Å². The highest BCUT2D eigenvalue weighted by Crippen LogP contribution is 2.13. The highest BCUT2D eigenvalue weighted by Gasteiger charge is 2.18. The van der Waals surface area contributed by atoms with E-state index in [1.807, 2.05) is 0 Å². The van der Waals surface area contributed by atoms with Crippen molar-refractivity contribution in [3.63, 3.8) is 0 Å². The maximum Gasteiger partial charge on any atom is 0.338 e. The lowest BCUT2D eigenvalue weighted by Crippen LogP contribution is -2.27. The minimum absolute atomic E-state index is 0.0126. The number of amides is 1. The molecule has 0 saturated carbocycles. The summed E-state index contributed by atoms with van der Waals surface area (Å²) < 4.78 is 36.9. The molecule has 0 aliphatic heterocycles. The Balaban J connectivity index is 2.06. The second-order valence-electron chi connectivity index (χ2n) is 5.30. The molecular formula is C16H18N2O6S. The van der Waals surface area contributed by atoms with Crippen molar-refractivity contribution in [1.29, 1.82) is 0 Å². The fraction of sp³-hybridized carbons (Fsp3) is 0.250. The predicted molar refractivity (Wildman–Crippen MR) is 88.2 cm³/mol. The molecule has 0 bridgehead atoms. The largest absolute Gasteiger partial charge is 0.468 e. The van der Waals surface area contributed by atoms with E-state index in [-0.39, 0.29) is 22.9 Å². The summed E-state index contributed by atoms with van der Waals surface area (Å²) in [5, 5.41) is 0. The normalized spacial score (nSPS) is 11.1. The summed E-state index contributed by atoms with van der Waals surface area (Å²) in [6.45, 7) is -0.430. The van der Waals surface area contributed by atoms with Crippen LogP contribution >= 0.6 is 0 Å². The van der Waals surface area contributed by atoms with Gasteiger partial charge in [0.2, 0.25) is 10.0 Å². The van der Waals surface area contributed by atoms with Crippen LogP contribution in [0, 0.1) is 0 Å². The SMILES string of the molecule is CN(C)C(=O)COC(=O)c1cccc(S(=O)(=O)NCc2ccco2)c1. The number of nitrogens with zero attached hydrogens (tertiary/aromatic N) is 1. The van der Waals surface area contributed by atoms with E-state index in [4.69, 9.17) is 9.15 Å². The summed E-state index contributed by atoms with van der Waals surface area (Å²) in [7, 11) is -0.758. The molecule has 0 spiro atoms. The van der Waals surface area contributed by atoms with E-state index in [0.717, 1.165) is 0 Å². The molecule has 1 amide bonds. The molecular weight excluding hydrogens is 348 g/mol. The van der Waals surface area contributed by atoms with Gasteiger partial charge >= 0.3 is 5.97 Å². The van der Waals surface area contributed by atoms with Crippen LogP contribution < -0.4 is 4.72 Å². The highest BCUT2D eigenvalue weighted by molar-refractivity contribution is 7.89. The van der Waals surface area contributed by atoms with Crippen LogP contribution in [0.15, 0.2) is 52.0 Å². The first kappa shape index (κ1) is 18.7. The van der Waals surface area contributed by atoms with Gasteiger partial charge in [-0.2, -0.15) is 0 Å². The number of carbonyl (C=O) groups is 2. The minimum Gasteiger partial charge on any atom is -0.468 e. The molecule has 0 atom stereocenters. The quantitative estimate of drug-likeness (QED) is 0.733. The van der Waals surface area contributed by atoms with Gasteiger partial charge < -0.3 is 14.1 Å². The standard InChI is InChI=1S/C16H18N2O6S/c1-18(2)15(19)11-24-16(20)12-5-3-7-14(9-12)25(21,22)17-10-13-6-4-8-23-13/h3-9,17H,10-11H2,1-2H3. The summed E-state index contributed by atoms with van der Waals surface area (Å²) in [6, 6.07) is 8.66. The van der Waals surface area contributed by atoms with E-state index < -0.39 is 22.6 Å². The Morgan fingerprint density at radius 1 is 1.20 bits per heavy atom. The van der Waals surface area contributed by atoms with Gasteiger partial charge in [-0.15, -0.1) is 0 Å². The fourth-order valence-corrected chi connectivity index (χ4v) is 2.83. The van der Waals surface area contributed by atoms with E-state index in [0.29, 0.717) is 5.76 Å². The molecule has 2 aromatic rings. The average Bonchev–Trinajstić information content (AvgIpc) is 3.11. The topological polar surface area (TPSA) is 106 Å². The maximum atomic E-state index is 12.3. The third-order valence-electron chi connectivity index (χ3n) is 3.22. The van der Waals surface area contributed by atoms with Crippen LogP contribution in [0.25, 0.3) is 0 Å². The number of hydrogen-bond acceptors (Lipinski definition) is 6. The number of benzene rings is 1. The Bertz CT molecular complexity index is 843. The van der Waals surface area contributed by atoms with Crippen LogP contribution in [0.5, 0.6) is 0 Å². The molecule has 0 aliphatic carbocycles. The summed E-state index contributed by atoms with van der Waals surface area (Å²) in [4.78, 5) is 24.6. The van der Waals surface area contributed by atoms with Crippen molar-refractivity contribution >= 4 is 21.9 Å². The first-order valence-electron chi connectivity index (χ1n) is 7.29. The second kappa shape index (κ2) is 7.95. The van der Waals surface area contributed by atoms with Crippen molar-refractivity contribution in [2.24, 2.45) is 0 Å². The van der Waals surface area contributed by atoms with Gasteiger partial charge in [0.1, 0.15) is 5.76 Å². The lowest BCUT2D eigenvalue weighted by molar-refractivity contribution is -0.131. The molecule has 0 saturated heterocycles. The Kier molecular flexibility index (Phi) is 5.94. The number of likely N-dealkylation sites (N-methyl/N-ethyl adjacent to an activating group) is 1. The molecule has 0 aliphatic rings. The molecule has 9 heteroatoms. The van der Waals surface area contributed by atoms with Gasteiger partial charge in [-0.05, 0) is 30.3 Å². The van der Waals surface area contributed by atoms with E-state index in [1.165, 1.54) is 49.5 Å². The molecule has 0 unspecified atom stereocenters. The zero-order valence-corrected chi connectivity index (χ0v) is 14.6. The molecule has 1 aromatic carbocycles. The van der Waals surface area contributed by atoms with E-state index in [9.17, 15) is 18.0 Å². The molecule has 1 heterocycles. The Hall–Kier alpha value is -2.65. The molecule has 1 N–H and O–H groups in total. The lowest BCUT2D eigenvalue weighted by Gasteiger charge is -2.11. The summed E-state index contributed by atoms with van der Waals surface area (Å²) in [6.07, 6.45) is 1.44. The van der Waals surface area contributed by atoms with Crippen LogP contribution in [0.4, 0.5) is 0 Å². The van der Waals surface area contributed by atoms with Crippen molar-refractivity contribution in [1.82, 2.24) is 9.62 Å². The fourth-order valence-electron chi connectivity index (χ4n) is 1.79. The first-order chi connectivity index (χ1) is 11.8. The zero-order valence-electron chi connectivity index (χ0n) is 13.8. The molecule has 2 rings (SSSR count). The lowest BCUT2D eigenvalue weighted by atomic mass is 10.2. The summed E-state index contributed by atoms with van der Waals surface area (Å²) >= 11 is 0. The number of hydrogen-bond donors (Lipinski definition) is 1. The van der Waals surface area contributed by atoms with Crippen LogP contribution in [0.3, 0.4) is 0 Å². The number of furan rings is 1. The van der Waals surface area contributed by atoms with Crippen molar-refractivity contribution in [2.75, 3.05) is 20.7 Å². The van der Waals surface area contributed by atoms with Crippen molar-refractivity contribution in [3.8, 4) is 0 Å². The number of ether oxygens (including phenoxy) is 1. The van der Waals surface area contributed by atoms with Gasteiger partial charge in [0.05, 0.1) is 23.3 Å². The monoisotopic (exact) mass is 366 g/mol. The van der Waals surface area contributed by atoms with Crippen molar-refractivity contribution in [3.05, 3.63) is 54.0 Å². The van der Waals surface area contributed by atoms with Gasteiger partial charge in [0.15, 0.2) is 6.61 Å². The second-order valence-corrected chi connectivity index (χ2v) is 7.06. The third kappa shape index (κ3) is 5.16. The Morgan fingerprint density at radius 2 is 1.96 bits per heavy atom. The third-order valence-corrected chi connectivity index (χ3v) is 4.62. The van der Waals surface area contributed by atoms with Crippen LogP contribution in [0.1, 0.15) is 16.1 Å². The van der Waals surface area contributed by atoms with Crippen LogP contribution in [-0.2, 0) is 26.1 Å². The van der Waals surface area contributed by atoms with Gasteiger partial charge in [0.25, 0.3) is 5.91 Å². The molecule has 0 radical (unpaired) electrons. The van der Waals surface area contributed by atoms with E-state index in [1.54, 1.807) is 12.1 Å². The Labute approximate surface area is 145 Å². The summed E-state index contributed by atoms with van der Waals surface area (Å²) in [5.74, 6) is -0.697. The molecule has 0 fully saturated rings. The van der Waals surface area contributed by atoms with Gasteiger partial charge in [-0.3, -0.25) is 4.79 Å².